The minimum Gasteiger partial charge on any atom is -0.320 e. The summed E-state index contributed by atoms with van der Waals surface area (Å²) in [5.74, 6) is 5.52. The van der Waals surface area contributed by atoms with Crippen molar-refractivity contribution in [1.82, 2.24) is 4.72 Å². The van der Waals surface area contributed by atoms with Crippen molar-refractivity contribution in [1.29, 1.82) is 0 Å². The molecule has 1 aromatic carbocycles. The van der Waals surface area contributed by atoms with Crippen LogP contribution in [-0.4, -0.2) is 21.0 Å². The van der Waals surface area contributed by atoms with Crippen LogP contribution in [0, 0.1) is 11.8 Å². The second kappa shape index (κ2) is 8.40. The van der Waals surface area contributed by atoms with Crippen LogP contribution in [-0.2, 0) is 10.0 Å². The fourth-order valence-electron chi connectivity index (χ4n) is 1.93. The summed E-state index contributed by atoms with van der Waals surface area (Å²) < 4.78 is 27.4. The zero-order chi connectivity index (χ0) is 15.9. The highest BCUT2D eigenvalue weighted by atomic mass is 35.5. The van der Waals surface area contributed by atoms with Gasteiger partial charge in [-0.05, 0) is 31.0 Å². The second-order valence-corrected chi connectivity index (χ2v) is 6.76. The summed E-state index contributed by atoms with van der Waals surface area (Å²) in [5, 5.41) is 0.165. The molecule has 0 radical (unpaired) electrons. The molecular formula is C15H21ClN2O2S. The SMILES string of the molecule is CCCC(CC)NS(=O)(=O)c1ccc(C#CCN)cc1Cl. The van der Waals surface area contributed by atoms with E-state index in [9.17, 15) is 8.42 Å². The van der Waals surface area contributed by atoms with Gasteiger partial charge in [0.15, 0.2) is 0 Å². The molecule has 0 saturated carbocycles. The Morgan fingerprint density at radius 2 is 2.10 bits per heavy atom. The Labute approximate surface area is 132 Å². The molecule has 0 amide bonds. The zero-order valence-corrected chi connectivity index (χ0v) is 13.9. The van der Waals surface area contributed by atoms with Gasteiger partial charge in [0.2, 0.25) is 10.0 Å². The van der Waals surface area contributed by atoms with Crippen molar-refractivity contribution in [2.75, 3.05) is 6.54 Å². The molecule has 0 aromatic heterocycles. The summed E-state index contributed by atoms with van der Waals surface area (Å²) in [6.07, 6.45) is 2.46. The molecule has 1 aromatic rings. The van der Waals surface area contributed by atoms with Gasteiger partial charge in [-0.2, -0.15) is 0 Å². The predicted molar refractivity (Wildman–Crippen MR) is 86.7 cm³/mol. The van der Waals surface area contributed by atoms with E-state index < -0.39 is 10.0 Å². The Morgan fingerprint density at radius 1 is 1.38 bits per heavy atom. The van der Waals surface area contributed by atoms with Gasteiger partial charge < -0.3 is 5.73 Å². The molecule has 0 saturated heterocycles. The van der Waals surface area contributed by atoms with Crippen molar-refractivity contribution in [2.45, 2.75) is 44.0 Å². The van der Waals surface area contributed by atoms with E-state index in [0.29, 0.717) is 5.56 Å². The normalized spacial score (nSPS) is 12.6. The minimum atomic E-state index is -3.62. The molecule has 21 heavy (non-hydrogen) atoms. The Kier molecular flexibility index (Phi) is 7.20. The number of nitrogens with one attached hydrogen (secondary N) is 1. The zero-order valence-electron chi connectivity index (χ0n) is 12.3. The van der Waals surface area contributed by atoms with Crippen LogP contribution >= 0.6 is 11.6 Å². The molecule has 1 atom stereocenters. The monoisotopic (exact) mass is 328 g/mol. The third-order valence-corrected chi connectivity index (χ3v) is 5.01. The Morgan fingerprint density at radius 3 is 2.62 bits per heavy atom. The minimum absolute atomic E-state index is 0.0761. The average Bonchev–Trinajstić information content (AvgIpc) is 2.44. The van der Waals surface area contributed by atoms with E-state index in [-0.39, 0.29) is 22.5 Å². The van der Waals surface area contributed by atoms with E-state index >= 15 is 0 Å². The average molecular weight is 329 g/mol. The van der Waals surface area contributed by atoms with Gasteiger partial charge in [0.05, 0.1) is 11.6 Å². The largest absolute Gasteiger partial charge is 0.320 e. The Balaban J connectivity index is 3.03. The molecule has 0 fully saturated rings. The van der Waals surface area contributed by atoms with E-state index in [1.807, 2.05) is 13.8 Å². The van der Waals surface area contributed by atoms with Crippen LogP contribution in [0.25, 0.3) is 0 Å². The third kappa shape index (κ3) is 5.33. The van der Waals surface area contributed by atoms with Gasteiger partial charge in [-0.3, -0.25) is 0 Å². The number of hydrogen-bond donors (Lipinski definition) is 2. The molecule has 0 aliphatic heterocycles. The van der Waals surface area contributed by atoms with Crippen LogP contribution in [0.3, 0.4) is 0 Å². The molecule has 0 aliphatic carbocycles. The summed E-state index contributed by atoms with van der Waals surface area (Å²) in [7, 11) is -3.62. The summed E-state index contributed by atoms with van der Waals surface area (Å²) >= 11 is 6.08. The van der Waals surface area contributed by atoms with Crippen molar-refractivity contribution in [3.8, 4) is 11.8 Å². The fraction of sp³-hybridized carbons (Fsp3) is 0.467. The standard InChI is InChI=1S/C15H21ClN2O2S/c1-3-6-13(4-2)18-21(19,20)15-9-8-12(7-5-10-17)11-14(15)16/h8-9,11,13,18H,3-4,6,10,17H2,1-2H3. The summed E-state index contributed by atoms with van der Waals surface area (Å²) in [4.78, 5) is 0.0806. The highest BCUT2D eigenvalue weighted by Gasteiger charge is 2.21. The van der Waals surface area contributed by atoms with Crippen molar-refractivity contribution in [3.05, 3.63) is 28.8 Å². The Bertz CT molecular complexity index is 633. The lowest BCUT2D eigenvalue weighted by molar-refractivity contribution is 0.512. The molecule has 0 spiro atoms. The first-order valence-electron chi connectivity index (χ1n) is 6.95. The predicted octanol–water partition coefficient (Wildman–Crippen LogP) is 2.51. The van der Waals surface area contributed by atoms with E-state index in [1.54, 1.807) is 12.1 Å². The number of halogens is 1. The molecule has 4 nitrogen and oxygen atoms in total. The van der Waals surface area contributed by atoms with Crippen molar-refractivity contribution in [2.24, 2.45) is 5.73 Å². The van der Waals surface area contributed by atoms with Gasteiger partial charge in [0.25, 0.3) is 0 Å². The molecular weight excluding hydrogens is 308 g/mol. The van der Waals surface area contributed by atoms with Crippen molar-refractivity contribution >= 4 is 21.6 Å². The number of sulfonamides is 1. The fourth-order valence-corrected chi connectivity index (χ4v) is 3.83. The molecule has 1 unspecified atom stereocenters. The van der Waals surface area contributed by atoms with E-state index in [2.05, 4.69) is 16.6 Å². The first-order valence-corrected chi connectivity index (χ1v) is 8.81. The maximum Gasteiger partial charge on any atom is 0.242 e. The summed E-state index contributed by atoms with van der Waals surface area (Å²) in [5.41, 5.74) is 5.94. The second-order valence-electron chi connectivity index (χ2n) is 4.67. The molecule has 6 heteroatoms. The molecule has 0 aliphatic rings. The number of hydrogen-bond acceptors (Lipinski definition) is 3. The summed E-state index contributed by atoms with van der Waals surface area (Å²) in [6.45, 7) is 4.22. The van der Waals surface area contributed by atoms with Crippen LogP contribution in [0.2, 0.25) is 5.02 Å². The van der Waals surface area contributed by atoms with Gasteiger partial charge in [0.1, 0.15) is 4.90 Å². The molecule has 116 valence electrons. The maximum atomic E-state index is 12.4. The number of nitrogens with two attached hydrogens (primary N) is 1. The van der Waals surface area contributed by atoms with Crippen LogP contribution in [0.1, 0.15) is 38.7 Å². The van der Waals surface area contributed by atoms with Crippen LogP contribution in [0.5, 0.6) is 0 Å². The highest BCUT2D eigenvalue weighted by molar-refractivity contribution is 7.89. The van der Waals surface area contributed by atoms with Crippen LogP contribution in [0.15, 0.2) is 23.1 Å². The summed E-state index contributed by atoms with van der Waals surface area (Å²) in [6, 6.07) is 4.57. The van der Waals surface area contributed by atoms with Crippen LogP contribution in [0.4, 0.5) is 0 Å². The topological polar surface area (TPSA) is 72.2 Å². The number of rotatable bonds is 6. The van der Waals surface area contributed by atoms with Gasteiger partial charge in [0, 0.05) is 11.6 Å². The van der Waals surface area contributed by atoms with Gasteiger partial charge in [-0.15, -0.1) is 0 Å². The van der Waals surface area contributed by atoms with Gasteiger partial charge in [-0.1, -0.05) is 43.7 Å². The lowest BCUT2D eigenvalue weighted by Crippen LogP contribution is -2.34. The molecule has 0 heterocycles. The van der Waals surface area contributed by atoms with Gasteiger partial charge in [-0.25, -0.2) is 13.1 Å². The number of benzene rings is 1. The third-order valence-electron chi connectivity index (χ3n) is 3.01. The first-order chi connectivity index (χ1) is 9.94. The van der Waals surface area contributed by atoms with E-state index in [1.165, 1.54) is 6.07 Å². The first kappa shape index (κ1) is 18.0. The lowest BCUT2D eigenvalue weighted by Gasteiger charge is -2.16. The lowest BCUT2D eigenvalue weighted by atomic mass is 10.1. The van der Waals surface area contributed by atoms with E-state index in [4.69, 9.17) is 17.3 Å². The highest BCUT2D eigenvalue weighted by Crippen LogP contribution is 2.23. The molecule has 3 N–H and O–H groups in total. The Hall–Kier alpha value is -1.06. The maximum absolute atomic E-state index is 12.4. The van der Waals surface area contributed by atoms with E-state index in [0.717, 1.165) is 19.3 Å². The van der Waals surface area contributed by atoms with Crippen molar-refractivity contribution < 1.29 is 8.42 Å². The van der Waals surface area contributed by atoms with Crippen molar-refractivity contribution in [3.63, 3.8) is 0 Å². The smallest absolute Gasteiger partial charge is 0.242 e. The van der Waals surface area contributed by atoms with Crippen LogP contribution < -0.4 is 10.5 Å². The quantitative estimate of drug-likeness (QED) is 0.788. The molecule has 0 bridgehead atoms. The molecule has 1 rings (SSSR count). The van der Waals surface area contributed by atoms with Gasteiger partial charge >= 0.3 is 0 Å².